The highest BCUT2D eigenvalue weighted by atomic mass is 16.5. The largest absolute Gasteiger partial charge is 0.441 e. The zero-order valence-electron chi connectivity index (χ0n) is 13.4. The Hall–Kier alpha value is -1.92. The van der Waals surface area contributed by atoms with Crippen molar-refractivity contribution in [2.45, 2.75) is 6.92 Å². The Morgan fingerprint density at radius 1 is 1.52 bits per heavy atom. The maximum atomic E-state index is 12.9. The average Bonchev–Trinajstić information content (AvgIpc) is 3.16. The predicted molar refractivity (Wildman–Crippen MR) is 83.3 cm³/mol. The van der Waals surface area contributed by atoms with Gasteiger partial charge in [0.1, 0.15) is 5.52 Å². The van der Waals surface area contributed by atoms with Crippen LogP contribution in [-0.4, -0.2) is 55.8 Å². The average molecular weight is 316 g/mol. The maximum Gasteiger partial charge on any atom is 0.254 e. The molecule has 0 N–H and O–H groups in total. The highest BCUT2D eigenvalue weighted by Gasteiger charge is 2.51. The van der Waals surface area contributed by atoms with Gasteiger partial charge in [-0.15, -0.1) is 0 Å². The van der Waals surface area contributed by atoms with Crippen LogP contribution in [0.5, 0.6) is 0 Å². The molecular formula is C17H20N2O4. The Labute approximate surface area is 134 Å². The van der Waals surface area contributed by atoms with Crippen LogP contribution in [0.3, 0.4) is 0 Å². The number of aryl methyl sites for hydroxylation is 1. The summed E-state index contributed by atoms with van der Waals surface area (Å²) in [6.07, 6.45) is 0. The number of aromatic nitrogens is 1. The number of benzene rings is 1. The van der Waals surface area contributed by atoms with Gasteiger partial charge >= 0.3 is 0 Å². The normalized spacial score (nSPS) is 26.9. The van der Waals surface area contributed by atoms with Gasteiger partial charge in [0, 0.05) is 44.0 Å². The van der Waals surface area contributed by atoms with E-state index in [2.05, 4.69) is 4.98 Å². The van der Waals surface area contributed by atoms with Crippen molar-refractivity contribution in [1.82, 2.24) is 9.88 Å². The Kier molecular flexibility index (Phi) is 3.39. The summed E-state index contributed by atoms with van der Waals surface area (Å²) >= 11 is 0. The standard InChI is InChI=1S/C17H20N2O4/c1-11-18-14-4-3-12(5-15(14)23-11)16(20)19-6-13-7-22-10-17(13,8-19)9-21-2/h3-5,13H,6-10H2,1-2H3/t13-,17-/m0/s1. The van der Waals surface area contributed by atoms with Gasteiger partial charge in [-0.3, -0.25) is 4.79 Å². The van der Waals surface area contributed by atoms with Crippen LogP contribution in [0.4, 0.5) is 0 Å². The lowest BCUT2D eigenvalue weighted by atomic mass is 9.82. The lowest BCUT2D eigenvalue weighted by Gasteiger charge is -2.26. The van der Waals surface area contributed by atoms with Crippen molar-refractivity contribution in [3.05, 3.63) is 29.7 Å². The molecular weight excluding hydrogens is 296 g/mol. The number of hydrogen-bond donors (Lipinski definition) is 0. The fourth-order valence-electron chi connectivity index (χ4n) is 3.83. The zero-order valence-corrected chi connectivity index (χ0v) is 13.4. The van der Waals surface area contributed by atoms with E-state index in [1.807, 2.05) is 17.0 Å². The fourth-order valence-corrected chi connectivity index (χ4v) is 3.83. The smallest absolute Gasteiger partial charge is 0.254 e. The second-order valence-corrected chi connectivity index (χ2v) is 6.61. The van der Waals surface area contributed by atoms with Crippen LogP contribution >= 0.6 is 0 Å². The number of carbonyl (C=O) groups is 1. The van der Waals surface area contributed by atoms with Gasteiger partial charge in [0.05, 0.1) is 19.8 Å². The van der Waals surface area contributed by atoms with Gasteiger partial charge in [0.25, 0.3) is 5.91 Å². The number of rotatable bonds is 3. The molecule has 0 radical (unpaired) electrons. The molecule has 3 heterocycles. The van der Waals surface area contributed by atoms with E-state index in [1.54, 1.807) is 20.1 Å². The second-order valence-electron chi connectivity index (χ2n) is 6.61. The molecule has 0 aliphatic carbocycles. The first kappa shape index (κ1) is 14.7. The third-order valence-corrected chi connectivity index (χ3v) is 4.98. The van der Waals surface area contributed by atoms with Gasteiger partial charge in [0.2, 0.25) is 0 Å². The molecule has 0 bridgehead atoms. The predicted octanol–water partition coefficient (Wildman–Crippen LogP) is 1.87. The Morgan fingerprint density at radius 2 is 2.39 bits per heavy atom. The molecule has 2 aromatic rings. The summed E-state index contributed by atoms with van der Waals surface area (Å²) in [7, 11) is 1.70. The summed E-state index contributed by atoms with van der Waals surface area (Å²) in [5, 5.41) is 0. The monoisotopic (exact) mass is 316 g/mol. The van der Waals surface area contributed by atoms with E-state index in [1.165, 1.54) is 0 Å². The summed E-state index contributed by atoms with van der Waals surface area (Å²) in [6.45, 7) is 5.19. The minimum Gasteiger partial charge on any atom is -0.441 e. The topological polar surface area (TPSA) is 64.8 Å². The van der Waals surface area contributed by atoms with Crippen molar-refractivity contribution in [3.63, 3.8) is 0 Å². The number of fused-ring (bicyclic) bond motifs is 2. The van der Waals surface area contributed by atoms with Gasteiger partial charge in [0.15, 0.2) is 11.5 Å². The van der Waals surface area contributed by atoms with E-state index in [0.29, 0.717) is 49.3 Å². The van der Waals surface area contributed by atoms with E-state index in [-0.39, 0.29) is 11.3 Å². The lowest BCUT2D eigenvalue weighted by Crippen LogP contribution is -2.37. The number of likely N-dealkylation sites (tertiary alicyclic amines) is 1. The third-order valence-electron chi connectivity index (χ3n) is 4.98. The van der Waals surface area contributed by atoms with E-state index < -0.39 is 0 Å². The Balaban J connectivity index is 1.59. The van der Waals surface area contributed by atoms with Gasteiger partial charge in [-0.05, 0) is 18.2 Å². The molecule has 2 fully saturated rings. The summed E-state index contributed by atoms with van der Waals surface area (Å²) in [5.74, 6) is 0.991. The first-order chi connectivity index (χ1) is 11.1. The van der Waals surface area contributed by atoms with Gasteiger partial charge in [-0.1, -0.05) is 0 Å². The Bertz CT molecular complexity index is 756. The van der Waals surface area contributed by atoms with Crippen LogP contribution in [0.25, 0.3) is 11.1 Å². The number of methoxy groups -OCH3 is 1. The summed E-state index contributed by atoms with van der Waals surface area (Å²) < 4.78 is 16.5. The highest BCUT2D eigenvalue weighted by molar-refractivity contribution is 5.97. The molecule has 23 heavy (non-hydrogen) atoms. The molecule has 6 nitrogen and oxygen atoms in total. The molecule has 0 spiro atoms. The van der Waals surface area contributed by atoms with Crippen LogP contribution in [-0.2, 0) is 9.47 Å². The molecule has 2 saturated heterocycles. The summed E-state index contributed by atoms with van der Waals surface area (Å²) in [6, 6.07) is 5.44. The van der Waals surface area contributed by atoms with E-state index in [0.717, 1.165) is 12.1 Å². The van der Waals surface area contributed by atoms with Crippen molar-refractivity contribution in [2.24, 2.45) is 11.3 Å². The summed E-state index contributed by atoms with van der Waals surface area (Å²) in [5.41, 5.74) is 2.02. The molecule has 2 aliphatic heterocycles. The number of amides is 1. The molecule has 4 rings (SSSR count). The Morgan fingerprint density at radius 3 is 3.22 bits per heavy atom. The first-order valence-electron chi connectivity index (χ1n) is 7.84. The third kappa shape index (κ3) is 2.33. The summed E-state index contributed by atoms with van der Waals surface area (Å²) in [4.78, 5) is 19.0. The number of hydrogen-bond acceptors (Lipinski definition) is 5. The van der Waals surface area contributed by atoms with Crippen LogP contribution in [0.15, 0.2) is 22.6 Å². The van der Waals surface area contributed by atoms with Crippen molar-refractivity contribution >= 4 is 17.0 Å². The van der Waals surface area contributed by atoms with E-state index in [9.17, 15) is 4.79 Å². The van der Waals surface area contributed by atoms with Gasteiger partial charge < -0.3 is 18.8 Å². The number of carbonyl (C=O) groups excluding carboxylic acids is 1. The van der Waals surface area contributed by atoms with Crippen LogP contribution < -0.4 is 0 Å². The molecule has 1 aromatic heterocycles. The van der Waals surface area contributed by atoms with E-state index >= 15 is 0 Å². The SMILES string of the molecule is COC[C@@]12COC[C@@H]1CN(C(=O)c1ccc3nc(C)oc3c1)C2. The number of ether oxygens (including phenoxy) is 2. The molecule has 0 unspecified atom stereocenters. The molecule has 1 amide bonds. The van der Waals surface area contributed by atoms with Crippen LogP contribution in [0.2, 0.25) is 0 Å². The van der Waals surface area contributed by atoms with Crippen molar-refractivity contribution in [1.29, 1.82) is 0 Å². The lowest BCUT2D eigenvalue weighted by molar-refractivity contribution is 0.0489. The molecule has 1 aromatic carbocycles. The minimum atomic E-state index is -0.0582. The minimum absolute atomic E-state index is 0.0332. The molecule has 0 saturated carbocycles. The second kappa shape index (κ2) is 5.32. The molecule has 6 heteroatoms. The number of oxazole rings is 1. The molecule has 2 aliphatic rings. The zero-order chi connectivity index (χ0) is 16.0. The van der Waals surface area contributed by atoms with Gasteiger partial charge in [-0.2, -0.15) is 0 Å². The van der Waals surface area contributed by atoms with Crippen molar-refractivity contribution in [3.8, 4) is 0 Å². The number of nitrogens with zero attached hydrogens (tertiary/aromatic N) is 2. The van der Waals surface area contributed by atoms with Crippen molar-refractivity contribution < 1.29 is 18.7 Å². The van der Waals surface area contributed by atoms with Crippen LogP contribution in [0, 0.1) is 18.3 Å². The fraction of sp³-hybridized carbons (Fsp3) is 0.529. The first-order valence-corrected chi connectivity index (χ1v) is 7.84. The molecule has 2 atom stereocenters. The van der Waals surface area contributed by atoms with Gasteiger partial charge in [-0.25, -0.2) is 4.98 Å². The quantitative estimate of drug-likeness (QED) is 0.865. The highest BCUT2D eigenvalue weighted by Crippen LogP contribution is 2.41. The van der Waals surface area contributed by atoms with Crippen molar-refractivity contribution in [2.75, 3.05) is 40.0 Å². The van der Waals surface area contributed by atoms with Crippen LogP contribution in [0.1, 0.15) is 16.2 Å². The molecule has 122 valence electrons. The van der Waals surface area contributed by atoms with E-state index in [4.69, 9.17) is 13.9 Å². The maximum absolute atomic E-state index is 12.9.